The Morgan fingerprint density at radius 1 is 1.50 bits per heavy atom. The second kappa shape index (κ2) is 5.02. The van der Waals surface area contributed by atoms with Crippen molar-refractivity contribution < 1.29 is 19.1 Å². The van der Waals surface area contributed by atoms with Crippen molar-refractivity contribution in [3.05, 3.63) is 23.1 Å². The van der Waals surface area contributed by atoms with Crippen molar-refractivity contribution in [2.45, 2.75) is 25.8 Å². The van der Waals surface area contributed by atoms with Gasteiger partial charge in [-0.25, -0.2) is 0 Å². The summed E-state index contributed by atoms with van der Waals surface area (Å²) >= 11 is 5.63. The van der Waals surface area contributed by atoms with E-state index in [1.165, 1.54) is 12.1 Å². The Morgan fingerprint density at radius 3 is 2.72 bits per heavy atom. The number of furan rings is 1. The molecule has 1 saturated heterocycles. The molecular weight excluding hydrogens is 258 g/mol. The molecule has 0 saturated carbocycles. The third-order valence-electron chi connectivity index (χ3n) is 3.27. The van der Waals surface area contributed by atoms with Gasteiger partial charge in [-0.2, -0.15) is 0 Å². The number of hydrogen-bond acceptors (Lipinski definition) is 3. The van der Waals surface area contributed by atoms with Crippen LogP contribution in [0.5, 0.6) is 0 Å². The van der Waals surface area contributed by atoms with Gasteiger partial charge in [-0.1, -0.05) is 0 Å². The van der Waals surface area contributed by atoms with E-state index in [1.807, 2.05) is 6.92 Å². The molecule has 1 aromatic rings. The summed E-state index contributed by atoms with van der Waals surface area (Å²) in [7, 11) is 0. The highest BCUT2D eigenvalue weighted by molar-refractivity contribution is 6.29. The lowest BCUT2D eigenvalue weighted by atomic mass is 9.91. The molecule has 1 aliphatic heterocycles. The number of carbonyl (C=O) groups excluding carboxylic acids is 1. The number of likely N-dealkylation sites (tertiary alicyclic amines) is 1. The molecule has 1 N–H and O–H groups in total. The predicted molar refractivity (Wildman–Crippen MR) is 64.6 cm³/mol. The molecule has 1 amide bonds. The van der Waals surface area contributed by atoms with Crippen molar-refractivity contribution in [3.8, 4) is 0 Å². The number of nitrogens with zero attached hydrogens (tertiary/aromatic N) is 1. The van der Waals surface area contributed by atoms with Crippen LogP contribution in [-0.2, 0) is 4.79 Å². The first-order chi connectivity index (χ1) is 8.49. The first kappa shape index (κ1) is 13.0. The van der Waals surface area contributed by atoms with Gasteiger partial charge >= 0.3 is 5.97 Å². The molecule has 1 aromatic heterocycles. The lowest BCUT2D eigenvalue weighted by molar-refractivity contribution is -0.143. The molecule has 18 heavy (non-hydrogen) atoms. The van der Waals surface area contributed by atoms with E-state index in [0.717, 1.165) is 0 Å². The minimum atomic E-state index is -0.796. The molecule has 98 valence electrons. The van der Waals surface area contributed by atoms with Gasteiger partial charge in [0.15, 0.2) is 11.0 Å². The molecule has 6 heteroatoms. The van der Waals surface area contributed by atoms with Crippen LogP contribution in [0.2, 0.25) is 5.22 Å². The van der Waals surface area contributed by atoms with Crippen LogP contribution in [0, 0.1) is 5.92 Å². The van der Waals surface area contributed by atoms with Gasteiger partial charge < -0.3 is 14.4 Å². The summed E-state index contributed by atoms with van der Waals surface area (Å²) in [4.78, 5) is 24.7. The average molecular weight is 272 g/mol. The third kappa shape index (κ3) is 2.51. The standard InChI is InChI=1S/C12H14ClNO4/c1-7-6-8(12(16)17)4-5-14(7)11(15)9-2-3-10(13)18-9/h2-3,7-8H,4-6H2,1H3,(H,16,17). The Morgan fingerprint density at radius 2 is 2.22 bits per heavy atom. The average Bonchev–Trinajstić information content (AvgIpc) is 2.74. The maximum Gasteiger partial charge on any atom is 0.306 e. The molecule has 2 atom stereocenters. The molecule has 0 spiro atoms. The number of piperidine rings is 1. The van der Waals surface area contributed by atoms with Gasteiger partial charge in [0.2, 0.25) is 0 Å². The smallest absolute Gasteiger partial charge is 0.306 e. The summed E-state index contributed by atoms with van der Waals surface area (Å²) in [5.74, 6) is -1.21. The van der Waals surface area contributed by atoms with Gasteiger partial charge in [-0.3, -0.25) is 9.59 Å². The maximum atomic E-state index is 12.1. The minimum Gasteiger partial charge on any atom is -0.481 e. The van der Waals surface area contributed by atoms with E-state index >= 15 is 0 Å². The normalized spacial score (nSPS) is 24.0. The van der Waals surface area contributed by atoms with Crippen LogP contribution in [-0.4, -0.2) is 34.5 Å². The van der Waals surface area contributed by atoms with Crippen LogP contribution < -0.4 is 0 Å². The summed E-state index contributed by atoms with van der Waals surface area (Å²) in [6.45, 7) is 2.27. The molecule has 0 aromatic carbocycles. The highest BCUT2D eigenvalue weighted by Crippen LogP contribution is 2.25. The number of halogens is 1. The van der Waals surface area contributed by atoms with Crippen LogP contribution in [0.15, 0.2) is 16.5 Å². The minimum absolute atomic E-state index is 0.115. The van der Waals surface area contributed by atoms with Gasteiger partial charge in [0.1, 0.15) is 0 Å². The Kier molecular flexibility index (Phi) is 3.61. The van der Waals surface area contributed by atoms with Crippen molar-refractivity contribution >= 4 is 23.5 Å². The zero-order chi connectivity index (χ0) is 13.3. The molecular formula is C12H14ClNO4. The van der Waals surface area contributed by atoms with E-state index in [4.69, 9.17) is 21.1 Å². The molecule has 0 aliphatic carbocycles. The predicted octanol–water partition coefficient (Wildman–Crippen LogP) is 2.26. The Balaban J connectivity index is 2.07. The molecule has 0 radical (unpaired) electrons. The molecule has 2 heterocycles. The highest BCUT2D eigenvalue weighted by Gasteiger charge is 2.33. The monoisotopic (exact) mass is 271 g/mol. The van der Waals surface area contributed by atoms with E-state index < -0.39 is 5.97 Å². The first-order valence-electron chi connectivity index (χ1n) is 5.78. The molecule has 1 aliphatic rings. The van der Waals surface area contributed by atoms with Crippen LogP contribution in [0.1, 0.15) is 30.3 Å². The van der Waals surface area contributed by atoms with Crippen LogP contribution in [0.25, 0.3) is 0 Å². The zero-order valence-corrected chi connectivity index (χ0v) is 10.7. The molecule has 2 rings (SSSR count). The summed E-state index contributed by atoms with van der Waals surface area (Å²) in [6, 6.07) is 2.93. The maximum absolute atomic E-state index is 12.1. The lowest BCUT2D eigenvalue weighted by Gasteiger charge is -2.35. The SMILES string of the molecule is CC1CC(C(=O)O)CCN1C(=O)c1ccc(Cl)o1. The van der Waals surface area contributed by atoms with Gasteiger partial charge in [0, 0.05) is 12.6 Å². The van der Waals surface area contributed by atoms with E-state index in [0.29, 0.717) is 19.4 Å². The largest absolute Gasteiger partial charge is 0.481 e. The fourth-order valence-corrected chi connectivity index (χ4v) is 2.42. The number of hydrogen-bond donors (Lipinski definition) is 1. The number of carboxylic acids is 1. The van der Waals surface area contributed by atoms with Crippen LogP contribution >= 0.6 is 11.6 Å². The second-order valence-corrected chi connectivity index (χ2v) is 4.88. The highest BCUT2D eigenvalue weighted by atomic mass is 35.5. The number of aliphatic carboxylic acids is 1. The van der Waals surface area contributed by atoms with Gasteiger partial charge in [0.05, 0.1) is 5.92 Å². The molecule has 5 nitrogen and oxygen atoms in total. The van der Waals surface area contributed by atoms with Crippen molar-refractivity contribution in [2.24, 2.45) is 5.92 Å². The number of carboxylic acid groups (broad SMARTS) is 1. The first-order valence-corrected chi connectivity index (χ1v) is 6.16. The topological polar surface area (TPSA) is 70.8 Å². The summed E-state index contributed by atoms with van der Waals surface area (Å²) in [5, 5.41) is 9.13. The number of rotatable bonds is 2. The van der Waals surface area contributed by atoms with Gasteiger partial charge in [0.25, 0.3) is 5.91 Å². The number of amides is 1. The van der Waals surface area contributed by atoms with Crippen molar-refractivity contribution in [1.29, 1.82) is 0 Å². The lowest BCUT2D eigenvalue weighted by Crippen LogP contribution is -2.45. The van der Waals surface area contributed by atoms with E-state index in [2.05, 4.69) is 0 Å². The fourth-order valence-electron chi connectivity index (χ4n) is 2.27. The third-order valence-corrected chi connectivity index (χ3v) is 3.47. The summed E-state index contributed by atoms with van der Waals surface area (Å²) in [6.07, 6.45) is 0.940. The van der Waals surface area contributed by atoms with Crippen molar-refractivity contribution in [1.82, 2.24) is 4.90 Å². The molecule has 0 bridgehead atoms. The Hall–Kier alpha value is -1.49. The van der Waals surface area contributed by atoms with E-state index in [9.17, 15) is 9.59 Å². The Bertz CT molecular complexity index is 470. The fraction of sp³-hybridized carbons (Fsp3) is 0.500. The van der Waals surface area contributed by atoms with Gasteiger partial charge in [-0.05, 0) is 43.5 Å². The number of carbonyl (C=O) groups is 2. The van der Waals surface area contributed by atoms with Crippen molar-refractivity contribution in [2.75, 3.05) is 6.54 Å². The Labute approximate surface area is 109 Å². The summed E-state index contributed by atoms with van der Waals surface area (Å²) < 4.78 is 5.08. The van der Waals surface area contributed by atoms with Crippen LogP contribution in [0.4, 0.5) is 0 Å². The van der Waals surface area contributed by atoms with Crippen molar-refractivity contribution in [3.63, 3.8) is 0 Å². The quantitative estimate of drug-likeness (QED) is 0.896. The van der Waals surface area contributed by atoms with Gasteiger partial charge in [-0.15, -0.1) is 0 Å². The van der Waals surface area contributed by atoms with E-state index in [-0.39, 0.29) is 28.8 Å². The van der Waals surface area contributed by atoms with E-state index in [1.54, 1.807) is 4.90 Å². The molecule has 2 unspecified atom stereocenters. The zero-order valence-electron chi connectivity index (χ0n) is 9.93. The molecule has 1 fully saturated rings. The summed E-state index contributed by atoms with van der Waals surface area (Å²) in [5.41, 5.74) is 0. The second-order valence-electron chi connectivity index (χ2n) is 4.51. The van der Waals surface area contributed by atoms with Crippen LogP contribution in [0.3, 0.4) is 0 Å².